The normalized spacial score (nSPS) is 21.0. The number of carbonyl (C=O) groups excluding carboxylic acids is 3. The number of morpholine rings is 1. The van der Waals surface area contributed by atoms with E-state index in [1.165, 1.54) is 0 Å². The zero-order valence-electron chi connectivity index (χ0n) is 27.4. The van der Waals surface area contributed by atoms with E-state index < -0.39 is 29.1 Å². The molecule has 2 heterocycles. The van der Waals surface area contributed by atoms with E-state index in [0.29, 0.717) is 35.3 Å². The van der Waals surface area contributed by atoms with Crippen molar-refractivity contribution in [1.82, 2.24) is 10.2 Å². The van der Waals surface area contributed by atoms with E-state index in [2.05, 4.69) is 5.32 Å². The number of nitrogens with one attached hydrogen (secondary N) is 1. The maximum absolute atomic E-state index is 16.5. The number of para-hydroxylation sites is 1. The summed E-state index contributed by atoms with van der Waals surface area (Å²) in [5.74, 6) is -0.546. The molecule has 0 saturated carbocycles. The topological polar surface area (TPSA) is 103 Å². The summed E-state index contributed by atoms with van der Waals surface area (Å²) in [6.07, 6.45) is 0.662. The third kappa shape index (κ3) is 8.29. The minimum absolute atomic E-state index is 0.0697. The molecular formula is C37H43FN2O7. The van der Waals surface area contributed by atoms with Crippen LogP contribution in [0, 0.1) is 5.82 Å². The summed E-state index contributed by atoms with van der Waals surface area (Å²) in [7, 11) is 0. The molecule has 1 spiro atoms. The molecule has 250 valence electrons. The van der Waals surface area contributed by atoms with Crippen LogP contribution in [-0.2, 0) is 36.8 Å². The summed E-state index contributed by atoms with van der Waals surface area (Å²) in [6, 6.07) is 20.8. The van der Waals surface area contributed by atoms with Gasteiger partial charge >= 0.3 is 12.1 Å². The summed E-state index contributed by atoms with van der Waals surface area (Å²) in [5.41, 5.74) is 0.662. The Kier molecular flexibility index (Phi) is 10.5. The van der Waals surface area contributed by atoms with E-state index in [1.54, 1.807) is 35.2 Å². The van der Waals surface area contributed by atoms with E-state index in [0.717, 1.165) is 5.56 Å². The lowest BCUT2D eigenvalue weighted by molar-refractivity contribution is -0.155. The predicted molar refractivity (Wildman–Crippen MR) is 174 cm³/mol. The molecule has 3 atom stereocenters. The van der Waals surface area contributed by atoms with Gasteiger partial charge in [0.25, 0.3) is 0 Å². The van der Waals surface area contributed by atoms with Crippen molar-refractivity contribution in [2.45, 2.75) is 83.2 Å². The Bertz CT molecular complexity index is 1570. The molecule has 2 aliphatic heterocycles. The van der Waals surface area contributed by atoms with Gasteiger partial charge < -0.3 is 24.3 Å². The molecule has 0 aromatic heterocycles. The molecule has 2 aliphatic rings. The highest BCUT2D eigenvalue weighted by Gasteiger charge is 2.55. The molecule has 5 rings (SSSR count). The summed E-state index contributed by atoms with van der Waals surface area (Å²) in [4.78, 5) is 39.9. The standard InChI is InChI=1S/C37H43FN2O7/c1-25-21-37(24-44-23-32(41)39-37)31(40(25)35(43)46-22-26-12-6-5-7-13-26)20-27-14-10-16-29(34(27)38)28-15-8-9-17-30(28)45-19-11-18-33(42)47-36(2,3)4/h5-10,12-17,25,31H,11,18-24H2,1-4H3,(H,39,41)/t25-,31?,37?/m1/s1. The second kappa shape index (κ2) is 14.5. The molecule has 2 fully saturated rings. The fraction of sp³-hybridized carbons (Fsp3) is 0.432. The van der Waals surface area contributed by atoms with Crippen LogP contribution in [0.15, 0.2) is 72.8 Å². The molecule has 0 aliphatic carbocycles. The minimum atomic E-state index is -0.905. The molecule has 2 amide bonds. The number of halogens is 1. The zero-order valence-corrected chi connectivity index (χ0v) is 27.4. The third-order valence-corrected chi connectivity index (χ3v) is 8.38. The van der Waals surface area contributed by atoms with Crippen molar-refractivity contribution in [1.29, 1.82) is 0 Å². The van der Waals surface area contributed by atoms with Crippen LogP contribution in [-0.4, -0.2) is 65.9 Å². The first kappa shape index (κ1) is 33.9. The number of likely N-dealkylation sites (tertiary alicyclic amines) is 1. The van der Waals surface area contributed by atoms with Gasteiger partial charge in [0.15, 0.2) is 0 Å². The summed E-state index contributed by atoms with van der Waals surface area (Å²) >= 11 is 0. The first-order chi connectivity index (χ1) is 22.5. The number of carbonyl (C=O) groups is 3. The molecule has 0 radical (unpaired) electrons. The first-order valence-corrected chi connectivity index (χ1v) is 16.0. The van der Waals surface area contributed by atoms with Crippen LogP contribution in [0.4, 0.5) is 9.18 Å². The number of hydrogen-bond donors (Lipinski definition) is 1. The van der Waals surface area contributed by atoms with Crippen molar-refractivity contribution in [3.05, 3.63) is 89.7 Å². The lowest BCUT2D eigenvalue weighted by Gasteiger charge is -2.41. The van der Waals surface area contributed by atoms with Gasteiger partial charge in [-0.15, -0.1) is 0 Å². The Hall–Kier alpha value is -4.44. The van der Waals surface area contributed by atoms with E-state index in [-0.39, 0.29) is 57.2 Å². The molecule has 10 heteroatoms. The maximum atomic E-state index is 16.5. The Morgan fingerprint density at radius 2 is 1.74 bits per heavy atom. The van der Waals surface area contributed by atoms with Gasteiger partial charge in [-0.3, -0.25) is 14.5 Å². The number of ether oxygens (including phenoxy) is 4. The molecular weight excluding hydrogens is 603 g/mol. The lowest BCUT2D eigenvalue weighted by Crippen LogP contribution is -2.64. The zero-order chi connectivity index (χ0) is 33.6. The van der Waals surface area contributed by atoms with Crippen molar-refractivity contribution in [2.75, 3.05) is 19.8 Å². The molecule has 3 aromatic rings. The van der Waals surface area contributed by atoms with Crippen LogP contribution in [0.3, 0.4) is 0 Å². The van der Waals surface area contributed by atoms with Crippen LogP contribution in [0.25, 0.3) is 11.1 Å². The number of esters is 1. The van der Waals surface area contributed by atoms with Gasteiger partial charge in [-0.05, 0) is 64.2 Å². The smallest absolute Gasteiger partial charge is 0.410 e. The Morgan fingerprint density at radius 1 is 1.02 bits per heavy atom. The second-order valence-corrected chi connectivity index (χ2v) is 13.2. The minimum Gasteiger partial charge on any atom is -0.493 e. The molecule has 47 heavy (non-hydrogen) atoms. The van der Waals surface area contributed by atoms with Crippen LogP contribution in [0.2, 0.25) is 0 Å². The van der Waals surface area contributed by atoms with Gasteiger partial charge in [0, 0.05) is 23.6 Å². The predicted octanol–water partition coefficient (Wildman–Crippen LogP) is 6.22. The molecule has 1 N–H and O–H groups in total. The number of benzene rings is 3. The molecule has 9 nitrogen and oxygen atoms in total. The summed E-state index contributed by atoms with van der Waals surface area (Å²) < 4.78 is 39.3. The Balaban J connectivity index is 1.37. The molecule has 2 saturated heterocycles. The first-order valence-electron chi connectivity index (χ1n) is 16.0. The second-order valence-electron chi connectivity index (χ2n) is 13.2. The average Bonchev–Trinajstić information content (AvgIpc) is 3.28. The fourth-order valence-corrected chi connectivity index (χ4v) is 6.45. The Labute approximate surface area is 275 Å². The lowest BCUT2D eigenvalue weighted by atomic mass is 9.84. The van der Waals surface area contributed by atoms with Gasteiger partial charge in [0.1, 0.15) is 30.4 Å². The van der Waals surface area contributed by atoms with Gasteiger partial charge in [-0.1, -0.05) is 66.7 Å². The van der Waals surface area contributed by atoms with Crippen LogP contribution >= 0.6 is 0 Å². The van der Waals surface area contributed by atoms with Gasteiger partial charge in [-0.2, -0.15) is 0 Å². The van der Waals surface area contributed by atoms with Gasteiger partial charge in [0.2, 0.25) is 5.91 Å². The maximum Gasteiger partial charge on any atom is 0.410 e. The Morgan fingerprint density at radius 3 is 2.49 bits per heavy atom. The van der Waals surface area contributed by atoms with Crippen molar-refractivity contribution in [2.24, 2.45) is 0 Å². The van der Waals surface area contributed by atoms with E-state index >= 15 is 4.39 Å². The van der Waals surface area contributed by atoms with E-state index in [1.807, 2.05) is 70.2 Å². The van der Waals surface area contributed by atoms with Crippen molar-refractivity contribution < 1.29 is 37.7 Å². The largest absolute Gasteiger partial charge is 0.493 e. The highest BCUT2D eigenvalue weighted by atomic mass is 19.1. The van der Waals surface area contributed by atoms with Crippen LogP contribution < -0.4 is 10.1 Å². The summed E-state index contributed by atoms with van der Waals surface area (Å²) in [6.45, 7) is 7.82. The highest BCUT2D eigenvalue weighted by molar-refractivity contribution is 5.80. The SMILES string of the molecule is C[C@@H]1CC2(COCC(=O)N2)C(Cc2cccc(-c3ccccc3OCCCC(=O)OC(C)(C)C)c2F)N1C(=O)OCc1ccccc1. The van der Waals surface area contributed by atoms with Gasteiger partial charge in [-0.25, -0.2) is 9.18 Å². The molecule has 2 unspecified atom stereocenters. The summed E-state index contributed by atoms with van der Waals surface area (Å²) in [5, 5.41) is 3.09. The fourth-order valence-electron chi connectivity index (χ4n) is 6.45. The van der Waals surface area contributed by atoms with E-state index in [4.69, 9.17) is 18.9 Å². The van der Waals surface area contributed by atoms with Crippen LogP contribution in [0.5, 0.6) is 5.75 Å². The molecule has 0 bridgehead atoms. The van der Waals surface area contributed by atoms with Crippen molar-refractivity contribution in [3.63, 3.8) is 0 Å². The van der Waals surface area contributed by atoms with Crippen LogP contribution in [0.1, 0.15) is 58.1 Å². The van der Waals surface area contributed by atoms with Crippen molar-refractivity contribution >= 4 is 18.0 Å². The van der Waals surface area contributed by atoms with E-state index in [9.17, 15) is 14.4 Å². The number of hydrogen-bond acceptors (Lipinski definition) is 7. The third-order valence-electron chi connectivity index (χ3n) is 8.38. The monoisotopic (exact) mass is 646 g/mol. The number of rotatable bonds is 10. The average molecular weight is 647 g/mol. The quantitative estimate of drug-likeness (QED) is 0.206. The number of nitrogens with zero attached hydrogens (tertiary/aromatic N) is 1. The molecule has 3 aromatic carbocycles. The highest BCUT2D eigenvalue weighted by Crippen LogP contribution is 2.40. The number of amides is 2. The van der Waals surface area contributed by atoms with Crippen molar-refractivity contribution in [3.8, 4) is 16.9 Å². The van der Waals surface area contributed by atoms with Gasteiger partial charge in [0.05, 0.1) is 24.8 Å².